The van der Waals surface area contributed by atoms with Gasteiger partial charge in [-0.25, -0.2) is 0 Å². The van der Waals surface area contributed by atoms with Crippen LogP contribution < -0.4 is 5.32 Å². The number of hydrogen-bond donors (Lipinski definition) is 2. The van der Waals surface area contributed by atoms with Crippen molar-refractivity contribution < 1.29 is 9.84 Å². The fourth-order valence-electron chi connectivity index (χ4n) is 1.79. The van der Waals surface area contributed by atoms with E-state index < -0.39 is 6.10 Å². The maximum absolute atomic E-state index is 9.92. The van der Waals surface area contributed by atoms with Crippen molar-refractivity contribution in [3.63, 3.8) is 0 Å². The molecule has 0 aliphatic heterocycles. The summed E-state index contributed by atoms with van der Waals surface area (Å²) in [5.74, 6) is 0.465. The van der Waals surface area contributed by atoms with Crippen molar-refractivity contribution in [1.82, 2.24) is 0 Å². The molecule has 1 aromatic carbocycles. The van der Waals surface area contributed by atoms with Gasteiger partial charge in [-0.05, 0) is 38.3 Å². The van der Waals surface area contributed by atoms with Gasteiger partial charge in [0.15, 0.2) is 0 Å². The van der Waals surface area contributed by atoms with E-state index in [4.69, 9.17) is 4.74 Å². The highest BCUT2D eigenvalue weighted by atomic mass is 16.5. The van der Waals surface area contributed by atoms with E-state index in [2.05, 4.69) is 25.2 Å². The van der Waals surface area contributed by atoms with E-state index in [0.717, 1.165) is 5.69 Å². The van der Waals surface area contributed by atoms with Crippen LogP contribution in [0.5, 0.6) is 0 Å². The predicted molar refractivity (Wildman–Crippen MR) is 80.7 cm³/mol. The summed E-state index contributed by atoms with van der Waals surface area (Å²) in [6, 6.07) is 8.21. The summed E-state index contributed by atoms with van der Waals surface area (Å²) in [4.78, 5) is 0. The van der Waals surface area contributed by atoms with Gasteiger partial charge in [0, 0.05) is 12.2 Å². The molecule has 108 valence electrons. The average Bonchev–Trinajstić information content (AvgIpc) is 2.33. The van der Waals surface area contributed by atoms with Gasteiger partial charge in [-0.1, -0.05) is 32.0 Å². The Morgan fingerprint density at radius 2 is 1.84 bits per heavy atom. The Labute approximate surface area is 117 Å². The molecule has 0 aliphatic rings. The number of benzene rings is 1. The van der Waals surface area contributed by atoms with Crippen LogP contribution in [0.25, 0.3) is 0 Å². The zero-order chi connectivity index (χ0) is 14.5. The predicted octanol–water partition coefficient (Wildman–Crippen LogP) is 3.40. The fraction of sp³-hybridized carbons (Fsp3) is 0.625. The van der Waals surface area contributed by atoms with Crippen molar-refractivity contribution in [3.8, 4) is 0 Å². The number of rotatable bonds is 6. The van der Waals surface area contributed by atoms with Gasteiger partial charge in [-0.3, -0.25) is 0 Å². The highest BCUT2D eigenvalue weighted by Crippen LogP contribution is 2.23. The van der Waals surface area contributed by atoms with Crippen LogP contribution in [0.15, 0.2) is 24.3 Å². The molecule has 0 amide bonds. The lowest BCUT2D eigenvalue weighted by atomic mass is 10.0. The molecule has 0 saturated heterocycles. The molecule has 0 bridgehead atoms. The lowest BCUT2D eigenvalue weighted by Gasteiger charge is -2.23. The van der Waals surface area contributed by atoms with Gasteiger partial charge in [0.1, 0.15) is 0 Å². The first-order valence-corrected chi connectivity index (χ1v) is 6.94. The first-order valence-electron chi connectivity index (χ1n) is 6.94. The van der Waals surface area contributed by atoms with Crippen LogP contribution in [0.1, 0.15) is 46.1 Å². The lowest BCUT2D eigenvalue weighted by Crippen LogP contribution is -2.30. The minimum Gasteiger partial charge on any atom is -0.389 e. The number of aliphatic hydroxyl groups is 1. The molecule has 3 heteroatoms. The van der Waals surface area contributed by atoms with Gasteiger partial charge in [-0.15, -0.1) is 0 Å². The molecular formula is C16H27NO2. The van der Waals surface area contributed by atoms with Gasteiger partial charge in [0.2, 0.25) is 0 Å². The van der Waals surface area contributed by atoms with E-state index in [1.165, 1.54) is 5.56 Å². The smallest absolute Gasteiger partial charge is 0.0945 e. The molecular weight excluding hydrogens is 238 g/mol. The highest BCUT2D eigenvalue weighted by Gasteiger charge is 2.14. The second-order valence-electron chi connectivity index (χ2n) is 6.20. The van der Waals surface area contributed by atoms with Gasteiger partial charge in [0.05, 0.1) is 18.3 Å². The number of anilines is 1. The highest BCUT2D eigenvalue weighted by molar-refractivity contribution is 5.52. The third kappa shape index (κ3) is 6.08. The number of hydrogen-bond acceptors (Lipinski definition) is 3. The summed E-state index contributed by atoms with van der Waals surface area (Å²) in [6.45, 7) is 11.1. The van der Waals surface area contributed by atoms with Crippen LogP contribution in [-0.4, -0.2) is 30.0 Å². The van der Waals surface area contributed by atoms with Crippen LogP contribution in [-0.2, 0) is 4.74 Å². The SMILES string of the molecule is CC(C)c1ccccc1NCC(O)COC(C)(C)C. The fourth-order valence-corrected chi connectivity index (χ4v) is 1.79. The van der Waals surface area contributed by atoms with Crippen molar-refractivity contribution in [2.24, 2.45) is 0 Å². The molecule has 0 spiro atoms. The first-order chi connectivity index (χ1) is 8.79. The summed E-state index contributed by atoms with van der Waals surface area (Å²) in [6.07, 6.45) is -0.501. The van der Waals surface area contributed by atoms with Crippen LogP contribution in [0.3, 0.4) is 0 Å². The molecule has 0 radical (unpaired) electrons. The lowest BCUT2D eigenvalue weighted by molar-refractivity contribution is -0.0449. The molecule has 1 unspecified atom stereocenters. The zero-order valence-electron chi connectivity index (χ0n) is 12.7. The molecule has 0 heterocycles. The van der Waals surface area contributed by atoms with Crippen molar-refractivity contribution in [3.05, 3.63) is 29.8 Å². The Bertz CT molecular complexity index is 383. The number of nitrogens with one attached hydrogen (secondary N) is 1. The van der Waals surface area contributed by atoms with Crippen molar-refractivity contribution >= 4 is 5.69 Å². The molecule has 1 atom stereocenters. The molecule has 1 aromatic rings. The first kappa shape index (κ1) is 16.0. The average molecular weight is 265 g/mol. The van der Waals surface area contributed by atoms with E-state index >= 15 is 0 Å². The Morgan fingerprint density at radius 3 is 2.42 bits per heavy atom. The van der Waals surface area contributed by atoms with Crippen molar-refractivity contribution in [1.29, 1.82) is 0 Å². The zero-order valence-corrected chi connectivity index (χ0v) is 12.7. The van der Waals surface area contributed by atoms with Crippen LogP contribution in [0.4, 0.5) is 5.69 Å². The van der Waals surface area contributed by atoms with Crippen LogP contribution >= 0.6 is 0 Å². The number of para-hydroxylation sites is 1. The molecule has 0 saturated carbocycles. The van der Waals surface area contributed by atoms with E-state index in [1.54, 1.807) is 0 Å². The Kier molecular flexibility index (Phi) is 5.83. The molecule has 3 nitrogen and oxygen atoms in total. The third-order valence-electron chi connectivity index (χ3n) is 2.82. The Balaban J connectivity index is 2.48. The minimum atomic E-state index is -0.501. The van der Waals surface area contributed by atoms with E-state index in [-0.39, 0.29) is 5.60 Å². The van der Waals surface area contributed by atoms with Crippen molar-refractivity contribution in [2.75, 3.05) is 18.5 Å². The molecule has 1 rings (SSSR count). The molecule has 2 N–H and O–H groups in total. The Morgan fingerprint density at radius 1 is 1.21 bits per heavy atom. The standard InChI is InChI=1S/C16H27NO2/c1-12(2)14-8-6-7-9-15(14)17-10-13(18)11-19-16(3,4)5/h6-9,12-13,17-18H,10-11H2,1-5H3. The van der Waals surface area contributed by atoms with Gasteiger partial charge >= 0.3 is 0 Å². The summed E-state index contributed by atoms with van der Waals surface area (Å²) in [5, 5.41) is 13.2. The summed E-state index contributed by atoms with van der Waals surface area (Å²) < 4.78 is 5.57. The van der Waals surface area contributed by atoms with Gasteiger partial charge < -0.3 is 15.2 Å². The minimum absolute atomic E-state index is 0.211. The number of aliphatic hydroxyl groups excluding tert-OH is 1. The van der Waals surface area contributed by atoms with E-state index in [0.29, 0.717) is 19.1 Å². The van der Waals surface area contributed by atoms with Crippen molar-refractivity contribution in [2.45, 2.75) is 52.2 Å². The normalized spacial score (nSPS) is 13.6. The number of ether oxygens (including phenoxy) is 1. The van der Waals surface area contributed by atoms with E-state index in [9.17, 15) is 5.11 Å². The van der Waals surface area contributed by atoms with Gasteiger partial charge in [-0.2, -0.15) is 0 Å². The van der Waals surface area contributed by atoms with Gasteiger partial charge in [0.25, 0.3) is 0 Å². The second-order valence-corrected chi connectivity index (χ2v) is 6.20. The molecule has 0 fully saturated rings. The summed E-state index contributed by atoms with van der Waals surface area (Å²) >= 11 is 0. The largest absolute Gasteiger partial charge is 0.389 e. The molecule has 0 aliphatic carbocycles. The van der Waals surface area contributed by atoms with Crippen LogP contribution in [0, 0.1) is 0 Å². The monoisotopic (exact) mass is 265 g/mol. The third-order valence-corrected chi connectivity index (χ3v) is 2.82. The van der Waals surface area contributed by atoms with Crippen LogP contribution in [0.2, 0.25) is 0 Å². The maximum atomic E-state index is 9.92. The topological polar surface area (TPSA) is 41.5 Å². The molecule has 0 aromatic heterocycles. The Hall–Kier alpha value is -1.06. The summed E-state index contributed by atoms with van der Waals surface area (Å²) in [7, 11) is 0. The second kappa shape index (κ2) is 6.92. The summed E-state index contributed by atoms with van der Waals surface area (Å²) in [5.41, 5.74) is 2.15. The quantitative estimate of drug-likeness (QED) is 0.828. The molecule has 19 heavy (non-hydrogen) atoms. The maximum Gasteiger partial charge on any atom is 0.0945 e. The van der Waals surface area contributed by atoms with E-state index in [1.807, 2.05) is 39.0 Å².